The lowest BCUT2D eigenvalue weighted by molar-refractivity contribution is 0.00616. The first-order valence-corrected chi connectivity index (χ1v) is 6.32. The third-order valence-electron chi connectivity index (χ3n) is 2.86. The zero-order chi connectivity index (χ0) is 12.6. The zero-order valence-electron chi connectivity index (χ0n) is 10.1. The molecule has 1 atom stereocenters. The van der Waals surface area contributed by atoms with Crippen LogP contribution < -0.4 is 0 Å². The molecular weight excluding hydrogens is 240 g/mol. The van der Waals surface area contributed by atoms with Gasteiger partial charge in [-0.25, -0.2) is 4.98 Å². The molecule has 1 N–H and O–H groups in total. The van der Waals surface area contributed by atoms with Gasteiger partial charge >= 0.3 is 0 Å². The minimum Gasteiger partial charge on any atom is -0.389 e. The smallest absolute Gasteiger partial charge is 0.266 e. The molecule has 0 spiro atoms. The number of likely N-dealkylation sites (tertiary alicyclic amines) is 1. The first-order valence-electron chi connectivity index (χ1n) is 5.50. The molecule has 1 aromatic heterocycles. The van der Waals surface area contributed by atoms with Crippen molar-refractivity contribution in [1.82, 2.24) is 9.88 Å². The van der Waals surface area contributed by atoms with E-state index in [1.165, 1.54) is 11.3 Å². The molecule has 1 saturated heterocycles. The van der Waals surface area contributed by atoms with Crippen LogP contribution in [0.1, 0.15) is 33.4 Å². The quantitative estimate of drug-likeness (QED) is 0.875. The fourth-order valence-corrected chi connectivity index (χ4v) is 2.72. The fraction of sp³-hybridized carbons (Fsp3) is 0.636. The van der Waals surface area contributed by atoms with Gasteiger partial charge in [-0.2, -0.15) is 0 Å². The molecule has 1 aliphatic heterocycles. The monoisotopic (exact) mass is 256 g/mol. The number of rotatable bonds is 3. The summed E-state index contributed by atoms with van der Waals surface area (Å²) in [5.41, 5.74) is 0.736. The molecule has 17 heavy (non-hydrogen) atoms. The first-order chi connectivity index (χ1) is 8.02. The molecule has 6 heteroatoms. The molecule has 1 unspecified atom stereocenters. The van der Waals surface area contributed by atoms with Gasteiger partial charge in [0.25, 0.3) is 5.91 Å². The number of amides is 1. The van der Waals surface area contributed by atoms with Crippen molar-refractivity contribution in [3.8, 4) is 0 Å². The number of aryl methyl sites for hydroxylation is 1. The number of aliphatic hydroxyl groups is 1. The molecule has 1 aliphatic rings. The van der Waals surface area contributed by atoms with Crippen molar-refractivity contribution in [2.75, 3.05) is 20.2 Å². The first kappa shape index (κ1) is 12.5. The van der Waals surface area contributed by atoms with Gasteiger partial charge in [-0.05, 0) is 13.8 Å². The lowest BCUT2D eigenvalue weighted by Gasteiger charge is -2.35. The Kier molecular flexibility index (Phi) is 3.46. The van der Waals surface area contributed by atoms with Crippen molar-refractivity contribution in [2.24, 2.45) is 0 Å². The van der Waals surface area contributed by atoms with E-state index < -0.39 is 0 Å². The van der Waals surface area contributed by atoms with Crippen LogP contribution in [0, 0.1) is 6.92 Å². The minimum absolute atomic E-state index is 0.0418. The second-order valence-corrected chi connectivity index (χ2v) is 5.24. The van der Waals surface area contributed by atoms with Crippen molar-refractivity contribution in [3.63, 3.8) is 0 Å². The van der Waals surface area contributed by atoms with Gasteiger partial charge in [-0.15, -0.1) is 11.3 Å². The van der Waals surface area contributed by atoms with E-state index in [2.05, 4.69) is 4.98 Å². The highest BCUT2D eigenvalue weighted by atomic mass is 32.1. The van der Waals surface area contributed by atoms with Crippen LogP contribution in [0.2, 0.25) is 0 Å². The lowest BCUT2D eigenvalue weighted by atomic mass is 10.1. The van der Waals surface area contributed by atoms with Gasteiger partial charge in [-0.1, -0.05) is 0 Å². The zero-order valence-corrected chi connectivity index (χ0v) is 11.0. The Morgan fingerprint density at radius 2 is 2.29 bits per heavy atom. The molecule has 1 amide bonds. The van der Waals surface area contributed by atoms with Crippen LogP contribution in [0.25, 0.3) is 0 Å². The van der Waals surface area contributed by atoms with Gasteiger partial charge in [0, 0.05) is 20.2 Å². The summed E-state index contributed by atoms with van der Waals surface area (Å²) in [5.74, 6) is -0.0418. The molecule has 2 rings (SSSR count). The molecule has 1 fully saturated rings. The highest BCUT2D eigenvalue weighted by Crippen LogP contribution is 2.27. The average Bonchev–Trinajstić information content (AvgIpc) is 2.65. The van der Waals surface area contributed by atoms with Gasteiger partial charge in [0.15, 0.2) is 0 Å². The molecule has 1 aromatic rings. The molecule has 0 radical (unpaired) electrons. The summed E-state index contributed by atoms with van der Waals surface area (Å²) in [5, 5.41) is 10.0. The van der Waals surface area contributed by atoms with Crippen molar-refractivity contribution >= 4 is 17.2 Å². The van der Waals surface area contributed by atoms with E-state index in [9.17, 15) is 9.90 Å². The number of nitrogens with zero attached hydrogens (tertiary/aromatic N) is 2. The summed E-state index contributed by atoms with van der Waals surface area (Å²) >= 11 is 1.37. The molecule has 5 nitrogen and oxygen atoms in total. The maximum absolute atomic E-state index is 12.1. The Labute approximate surface area is 104 Å². The van der Waals surface area contributed by atoms with Crippen LogP contribution in [0.4, 0.5) is 0 Å². The van der Waals surface area contributed by atoms with Crippen molar-refractivity contribution in [1.29, 1.82) is 0 Å². The molecule has 0 saturated carbocycles. The topological polar surface area (TPSA) is 62.7 Å². The van der Waals surface area contributed by atoms with E-state index in [1.807, 2.05) is 13.8 Å². The average molecular weight is 256 g/mol. The minimum atomic E-state index is -0.371. The predicted octanol–water partition coefficient (Wildman–Crippen LogP) is 0.976. The van der Waals surface area contributed by atoms with E-state index in [-0.39, 0.29) is 18.1 Å². The maximum atomic E-state index is 12.1. The van der Waals surface area contributed by atoms with Gasteiger partial charge in [0.2, 0.25) is 0 Å². The highest BCUT2D eigenvalue weighted by Gasteiger charge is 2.31. The van der Waals surface area contributed by atoms with Crippen molar-refractivity contribution in [3.05, 3.63) is 15.6 Å². The largest absolute Gasteiger partial charge is 0.389 e. The molecular formula is C11H16N2O3S. The van der Waals surface area contributed by atoms with Crippen LogP contribution in [-0.2, 0) is 4.74 Å². The van der Waals surface area contributed by atoms with Crippen molar-refractivity contribution in [2.45, 2.75) is 26.1 Å². The second kappa shape index (κ2) is 4.72. The normalized spacial score (nSPS) is 18.0. The summed E-state index contributed by atoms with van der Waals surface area (Å²) in [4.78, 5) is 18.7. The number of aromatic nitrogens is 1. The summed E-state index contributed by atoms with van der Waals surface area (Å²) in [6.45, 7) is 4.57. The van der Waals surface area contributed by atoms with Crippen molar-refractivity contribution < 1.29 is 14.6 Å². The highest BCUT2D eigenvalue weighted by molar-refractivity contribution is 7.13. The fourth-order valence-electron chi connectivity index (χ4n) is 1.66. The maximum Gasteiger partial charge on any atom is 0.266 e. The van der Waals surface area contributed by atoms with Crippen LogP contribution in [-0.4, -0.2) is 47.2 Å². The third-order valence-corrected chi connectivity index (χ3v) is 4.16. The number of carbonyl (C=O) groups excluding carboxylic acids is 1. The molecule has 0 bridgehead atoms. The number of carbonyl (C=O) groups is 1. The predicted molar refractivity (Wildman–Crippen MR) is 64.2 cm³/mol. The van der Waals surface area contributed by atoms with E-state index in [0.29, 0.717) is 18.0 Å². The Balaban J connectivity index is 2.15. The number of methoxy groups -OCH3 is 1. The van der Waals surface area contributed by atoms with Gasteiger partial charge in [0.05, 0.1) is 11.8 Å². The van der Waals surface area contributed by atoms with Crippen LogP contribution in [0.3, 0.4) is 0 Å². The van der Waals surface area contributed by atoms with E-state index in [0.717, 1.165) is 10.7 Å². The number of hydrogen-bond acceptors (Lipinski definition) is 5. The van der Waals surface area contributed by atoms with E-state index in [4.69, 9.17) is 4.74 Å². The standard InChI is InChI=1S/C11H16N2O3S/c1-6-9(11(15)13-4-8(14)5-13)17-10(12-6)7(2)16-3/h7-8,14H,4-5H2,1-3H3. The lowest BCUT2D eigenvalue weighted by Crippen LogP contribution is -2.53. The SMILES string of the molecule is COC(C)c1nc(C)c(C(=O)N2CC(O)C2)s1. The van der Waals surface area contributed by atoms with Crippen LogP contribution in [0.5, 0.6) is 0 Å². The van der Waals surface area contributed by atoms with Gasteiger partial charge in [-0.3, -0.25) is 4.79 Å². The Morgan fingerprint density at radius 3 is 2.82 bits per heavy atom. The number of hydrogen-bond donors (Lipinski definition) is 1. The van der Waals surface area contributed by atoms with Gasteiger partial charge < -0.3 is 14.7 Å². The Hall–Kier alpha value is -0.980. The number of thiazole rings is 1. The summed E-state index contributed by atoms with van der Waals surface area (Å²) in [7, 11) is 1.62. The molecule has 0 aliphatic carbocycles. The Morgan fingerprint density at radius 1 is 1.65 bits per heavy atom. The van der Waals surface area contributed by atoms with Crippen LogP contribution in [0.15, 0.2) is 0 Å². The number of β-amino-alcohol motifs (C(OH)–C–C–N with tert-alkyl or cyclic N) is 1. The van der Waals surface area contributed by atoms with E-state index in [1.54, 1.807) is 12.0 Å². The molecule has 2 heterocycles. The second-order valence-electron chi connectivity index (χ2n) is 4.21. The molecule has 0 aromatic carbocycles. The molecule has 94 valence electrons. The van der Waals surface area contributed by atoms with Crippen LogP contribution >= 0.6 is 11.3 Å². The summed E-state index contributed by atoms with van der Waals surface area (Å²) < 4.78 is 5.19. The van der Waals surface area contributed by atoms with Gasteiger partial charge in [0.1, 0.15) is 16.0 Å². The number of ether oxygens (including phenoxy) is 1. The number of aliphatic hydroxyl groups excluding tert-OH is 1. The Bertz CT molecular complexity index is 426. The summed E-state index contributed by atoms with van der Waals surface area (Å²) in [6.07, 6.45) is -0.466. The third kappa shape index (κ3) is 2.34. The van der Waals surface area contributed by atoms with E-state index >= 15 is 0 Å². The summed E-state index contributed by atoms with van der Waals surface area (Å²) in [6, 6.07) is 0.